The van der Waals surface area contributed by atoms with Crippen molar-refractivity contribution in [3.63, 3.8) is 0 Å². The third-order valence-electron chi connectivity index (χ3n) is 0.847. The quantitative estimate of drug-likeness (QED) is 0.500. The fourth-order valence-electron chi connectivity index (χ4n) is 0.361. The van der Waals surface area contributed by atoms with Crippen LogP contribution in [-0.4, -0.2) is 18.8 Å². The van der Waals surface area contributed by atoms with Gasteiger partial charge in [-0.3, -0.25) is 0 Å². The van der Waals surface area contributed by atoms with Gasteiger partial charge >= 0.3 is 0 Å². The molecule has 7 heavy (non-hydrogen) atoms. The first-order chi connectivity index (χ1) is 3.27. The maximum absolute atomic E-state index is 3.45. The molecule has 0 unspecified atom stereocenters. The van der Waals surface area contributed by atoms with Gasteiger partial charge in [0.1, 0.15) is 0 Å². The van der Waals surface area contributed by atoms with Gasteiger partial charge in [0.2, 0.25) is 0 Å². The molecule has 0 aromatic carbocycles. The van der Waals surface area contributed by atoms with Crippen molar-refractivity contribution in [3.05, 3.63) is 0 Å². The minimum atomic E-state index is 0.879. The van der Waals surface area contributed by atoms with E-state index in [0.29, 0.717) is 0 Å². The van der Waals surface area contributed by atoms with Crippen molar-refractivity contribution in [2.24, 2.45) is 5.92 Å². The number of hydrogen-bond acceptors (Lipinski definition) is 0. The predicted molar refractivity (Wildman–Crippen MR) is 35.8 cm³/mol. The standard InChI is InChI=1S/C5H11Si2/c1-5(2)3-4-7-6/h5H,3-4H2,1-2H3. The van der Waals surface area contributed by atoms with Crippen LogP contribution in [0, 0.1) is 5.92 Å². The van der Waals surface area contributed by atoms with E-state index in [2.05, 4.69) is 23.6 Å². The molecule has 0 aliphatic rings. The van der Waals surface area contributed by atoms with Crippen LogP contribution in [0.25, 0.3) is 0 Å². The van der Waals surface area contributed by atoms with Gasteiger partial charge in [0.25, 0.3) is 0 Å². The number of rotatable bonds is 3. The van der Waals surface area contributed by atoms with Crippen LogP contribution in [0.3, 0.4) is 0 Å². The van der Waals surface area contributed by atoms with Crippen LogP contribution < -0.4 is 0 Å². The molecule has 0 bridgehead atoms. The summed E-state index contributed by atoms with van der Waals surface area (Å²) in [6, 6.07) is 1.34. The third-order valence-corrected chi connectivity index (χ3v) is 2.14. The lowest BCUT2D eigenvalue weighted by Crippen LogP contribution is -1.91. The zero-order valence-corrected chi connectivity index (χ0v) is 6.99. The van der Waals surface area contributed by atoms with E-state index in [-0.39, 0.29) is 0 Å². The molecule has 2 heteroatoms. The molecule has 0 aliphatic heterocycles. The minimum absolute atomic E-state index is 0.879. The summed E-state index contributed by atoms with van der Waals surface area (Å²) in [4.78, 5) is 0. The molecular weight excluding hydrogens is 116 g/mol. The molecule has 0 spiro atoms. The maximum Gasteiger partial charge on any atom is 0.0180 e. The van der Waals surface area contributed by atoms with E-state index in [9.17, 15) is 0 Å². The van der Waals surface area contributed by atoms with Crippen LogP contribution in [-0.2, 0) is 0 Å². The first-order valence-corrected chi connectivity index (χ1v) is 5.37. The van der Waals surface area contributed by atoms with Crippen molar-refractivity contribution in [3.8, 4) is 0 Å². The summed E-state index contributed by atoms with van der Waals surface area (Å²) in [7, 11) is 4.40. The van der Waals surface area contributed by atoms with E-state index in [1.54, 1.807) is 0 Å². The highest BCUT2D eigenvalue weighted by Crippen LogP contribution is 2.01. The summed E-state index contributed by atoms with van der Waals surface area (Å²) in [5.74, 6) is 0.879. The average Bonchev–Trinajstić information content (AvgIpc) is 1.61. The van der Waals surface area contributed by atoms with E-state index in [0.717, 1.165) is 15.0 Å². The molecule has 0 fully saturated rings. The largest absolute Gasteiger partial charge is 0.0638 e. The molecule has 0 rings (SSSR count). The van der Waals surface area contributed by atoms with Crippen LogP contribution in [0.15, 0.2) is 0 Å². The van der Waals surface area contributed by atoms with Gasteiger partial charge in [-0.1, -0.05) is 26.3 Å². The second-order valence-corrected chi connectivity index (χ2v) is 4.02. The summed E-state index contributed by atoms with van der Waals surface area (Å²) in [5, 5.41) is 0. The Morgan fingerprint density at radius 1 is 1.57 bits per heavy atom. The molecule has 0 aromatic heterocycles. The Kier molecular flexibility index (Phi) is 4.87. The number of hydrogen-bond donors (Lipinski definition) is 0. The Morgan fingerprint density at radius 3 is 2.29 bits per heavy atom. The van der Waals surface area contributed by atoms with Crippen LogP contribution in [0.1, 0.15) is 20.3 Å². The molecule has 39 valence electrons. The zero-order chi connectivity index (χ0) is 5.70. The molecule has 5 radical (unpaired) electrons. The molecule has 0 aliphatic carbocycles. The third kappa shape index (κ3) is 6.43. The van der Waals surface area contributed by atoms with Gasteiger partial charge in [0.05, 0.1) is 0 Å². The topological polar surface area (TPSA) is 0 Å². The van der Waals surface area contributed by atoms with E-state index in [1.165, 1.54) is 12.5 Å². The van der Waals surface area contributed by atoms with Gasteiger partial charge in [0.15, 0.2) is 0 Å². The molecule has 0 aromatic rings. The molecule has 0 nitrogen and oxygen atoms in total. The first kappa shape index (κ1) is 7.43. The maximum atomic E-state index is 3.45. The first-order valence-electron chi connectivity index (χ1n) is 2.67. The Balaban J connectivity index is 2.68. The highest BCUT2D eigenvalue weighted by atomic mass is 29.1. The minimum Gasteiger partial charge on any atom is -0.0638 e. The highest BCUT2D eigenvalue weighted by molar-refractivity contribution is 6.89. The lowest BCUT2D eigenvalue weighted by Gasteiger charge is -1.98. The van der Waals surface area contributed by atoms with E-state index in [4.69, 9.17) is 0 Å². The Bertz CT molecular complexity index is 35.1. The Morgan fingerprint density at radius 2 is 2.14 bits per heavy atom. The lowest BCUT2D eigenvalue weighted by molar-refractivity contribution is 0.625. The fraction of sp³-hybridized carbons (Fsp3) is 1.00. The Labute approximate surface area is 51.7 Å². The van der Waals surface area contributed by atoms with Crippen molar-refractivity contribution in [2.45, 2.75) is 26.3 Å². The SMILES string of the molecule is CC(C)CC[Si][Si]. The summed E-state index contributed by atoms with van der Waals surface area (Å²) >= 11 is 0. The lowest BCUT2D eigenvalue weighted by atomic mass is 10.2. The second-order valence-electron chi connectivity index (χ2n) is 2.11. The molecule has 0 amide bonds. The summed E-state index contributed by atoms with van der Waals surface area (Å²) in [5.41, 5.74) is 0. The fourth-order valence-corrected chi connectivity index (χ4v) is 1.52. The van der Waals surface area contributed by atoms with Crippen molar-refractivity contribution >= 4 is 18.8 Å². The van der Waals surface area contributed by atoms with E-state index < -0.39 is 0 Å². The van der Waals surface area contributed by atoms with Crippen molar-refractivity contribution in [1.29, 1.82) is 0 Å². The van der Waals surface area contributed by atoms with Crippen molar-refractivity contribution < 1.29 is 0 Å². The molecule has 0 N–H and O–H groups in total. The van der Waals surface area contributed by atoms with Gasteiger partial charge < -0.3 is 0 Å². The Hall–Kier alpha value is 0.434. The summed E-state index contributed by atoms with van der Waals surface area (Å²) in [6.07, 6.45) is 1.36. The molecule has 0 heterocycles. The van der Waals surface area contributed by atoms with E-state index in [1.807, 2.05) is 0 Å². The molecule has 0 atom stereocenters. The van der Waals surface area contributed by atoms with Gasteiger partial charge in [0, 0.05) is 18.8 Å². The molecular formula is C5H11Si2. The van der Waals surface area contributed by atoms with Crippen LogP contribution in [0.5, 0.6) is 0 Å². The van der Waals surface area contributed by atoms with Gasteiger partial charge in [-0.15, -0.1) is 0 Å². The normalized spacial score (nSPS) is 10.3. The van der Waals surface area contributed by atoms with Gasteiger partial charge in [-0.05, 0) is 5.92 Å². The van der Waals surface area contributed by atoms with Crippen LogP contribution in [0.2, 0.25) is 6.04 Å². The van der Waals surface area contributed by atoms with Crippen molar-refractivity contribution in [1.82, 2.24) is 0 Å². The van der Waals surface area contributed by atoms with Crippen molar-refractivity contribution in [2.75, 3.05) is 0 Å². The van der Waals surface area contributed by atoms with Gasteiger partial charge in [-0.2, -0.15) is 0 Å². The summed E-state index contributed by atoms with van der Waals surface area (Å²) < 4.78 is 0. The summed E-state index contributed by atoms with van der Waals surface area (Å²) in [6.45, 7) is 4.51. The molecule has 0 saturated heterocycles. The van der Waals surface area contributed by atoms with Gasteiger partial charge in [-0.25, -0.2) is 0 Å². The zero-order valence-electron chi connectivity index (χ0n) is 4.99. The highest BCUT2D eigenvalue weighted by Gasteiger charge is 1.89. The van der Waals surface area contributed by atoms with E-state index >= 15 is 0 Å². The predicted octanol–water partition coefficient (Wildman–Crippen LogP) is 1.24. The second kappa shape index (κ2) is 4.59. The average molecular weight is 127 g/mol. The van der Waals surface area contributed by atoms with Crippen LogP contribution in [0.4, 0.5) is 0 Å². The van der Waals surface area contributed by atoms with Crippen LogP contribution >= 0.6 is 0 Å². The molecule has 0 saturated carbocycles. The smallest absolute Gasteiger partial charge is 0.0180 e. The monoisotopic (exact) mass is 127 g/mol.